The van der Waals surface area contributed by atoms with Gasteiger partial charge in [0.2, 0.25) is 5.91 Å². The second-order valence-corrected chi connectivity index (χ2v) is 5.10. The molecule has 0 aliphatic heterocycles. The van der Waals surface area contributed by atoms with E-state index in [0.29, 0.717) is 0 Å². The Bertz CT molecular complexity index is 586. The van der Waals surface area contributed by atoms with Crippen LogP contribution in [0.25, 0.3) is 0 Å². The zero-order valence-corrected chi connectivity index (χ0v) is 11.8. The summed E-state index contributed by atoms with van der Waals surface area (Å²) in [5.74, 6) is -4.95. The van der Waals surface area contributed by atoms with Crippen LogP contribution in [0.3, 0.4) is 0 Å². The van der Waals surface area contributed by atoms with Crippen molar-refractivity contribution in [3.8, 4) is 0 Å². The molecule has 4 N–H and O–H groups in total. The SMILES string of the molecule is NC(=NCC(=O)Nc1ccc(F)c(F)c1F)NC1CCCC1. The summed E-state index contributed by atoms with van der Waals surface area (Å²) < 4.78 is 39.2. The predicted molar refractivity (Wildman–Crippen MR) is 76.8 cm³/mol. The van der Waals surface area contributed by atoms with Crippen molar-refractivity contribution in [1.82, 2.24) is 5.32 Å². The number of nitrogens with two attached hydrogens (primary N) is 1. The molecule has 0 atom stereocenters. The largest absolute Gasteiger partial charge is 0.370 e. The Hall–Kier alpha value is -2.25. The molecule has 0 bridgehead atoms. The van der Waals surface area contributed by atoms with Gasteiger partial charge in [0.05, 0.1) is 5.69 Å². The van der Waals surface area contributed by atoms with Gasteiger partial charge in [-0.25, -0.2) is 18.2 Å². The summed E-state index contributed by atoms with van der Waals surface area (Å²) in [5, 5.41) is 5.11. The highest BCUT2D eigenvalue weighted by Crippen LogP contribution is 2.19. The van der Waals surface area contributed by atoms with Crippen molar-refractivity contribution in [2.45, 2.75) is 31.7 Å². The number of nitrogens with one attached hydrogen (secondary N) is 2. The van der Waals surface area contributed by atoms with E-state index in [1.54, 1.807) is 0 Å². The van der Waals surface area contributed by atoms with Crippen molar-refractivity contribution in [2.75, 3.05) is 11.9 Å². The normalized spacial score (nSPS) is 15.9. The lowest BCUT2D eigenvalue weighted by Gasteiger charge is -2.12. The summed E-state index contributed by atoms with van der Waals surface area (Å²) >= 11 is 0. The first-order chi connectivity index (χ1) is 10.5. The number of hydrogen-bond acceptors (Lipinski definition) is 2. The first kappa shape index (κ1) is 16.1. The van der Waals surface area contributed by atoms with Crippen LogP contribution in [0.2, 0.25) is 0 Å². The number of hydrogen-bond donors (Lipinski definition) is 3. The molecule has 120 valence electrons. The monoisotopic (exact) mass is 314 g/mol. The van der Waals surface area contributed by atoms with E-state index in [0.717, 1.165) is 37.8 Å². The van der Waals surface area contributed by atoms with Crippen LogP contribution in [0.5, 0.6) is 0 Å². The van der Waals surface area contributed by atoms with E-state index in [1.807, 2.05) is 0 Å². The van der Waals surface area contributed by atoms with E-state index < -0.39 is 29.0 Å². The van der Waals surface area contributed by atoms with Crippen molar-refractivity contribution in [3.63, 3.8) is 0 Å². The van der Waals surface area contributed by atoms with Crippen molar-refractivity contribution < 1.29 is 18.0 Å². The number of benzene rings is 1. The predicted octanol–water partition coefficient (Wildman–Crippen LogP) is 1.89. The standard InChI is InChI=1S/C14H17F3N4O/c15-9-5-6-10(13(17)12(9)16)21-11(22)7-19-14(18)20-8-3-1-2-4-8/h5-6,8H,1-4,7H2,(H,21,22)(H3,18,19,20). The number of anilines is 1. The van der Waals surface area contributed by atoms with Crippen LogP contribution in [0.4, 0.5) is 18.9 Å². The van der Waals surface area contributed by atoms with E-state index in [9.17, 15) is 18.0 Å². The number of rotatable bonds is 4. The fourth-order valence-corrected chi connectivity index (χ4v) is 2.29. The lowest BCUT2D eigenvalue weighted by molar-refractivity contribution is -0.114. The number of nitrogens with zero attached hydrogens (tertiary/aromatic N) is 1. The topological polar surface area (TPSA) is 79.5 Å². The Labute approximate surface area is 125 Å². The third-order valence-corrected chi connectivity index (χ3v) is 3.41. The van der Waals surface area contributed by atoms with Gasteiger partial charge in [-0.15, -0.1) is 0 Å². The molecular weight excluding hydrogens is 297 g/mol. The molecule has 1 saturated carbocycles. The van der Waals surface area contributed by atoms with Gasteiger partial charge in [0, 0.05) is 6.04 Å². The highest BCUT2D eigenvalue weighted by Gasteiger charge is 2.16. The molecule has 0 aromatic heterocycles. The number of aliphatic imine (C=N–C) groups is 1. The van der Waals surface area contributed by atoms with Gasteiger partial charge >= 0.3 is 0 Å². The molecular formula is C14H17F3N4O. The van der Waals surface area contributed by atoms with Crippen molar-refractivity contribution in [3.05, 3.63) is 29.6 Å². The number of carbonyl (C=O) groups excluding carboxylic acids is 1. The maximum atomic E-state index is 13.4. The third kappa shape index (κ3) is 4.12. The minimum Gasteiger partial charge on any atom is -0.370 e. The quantitative estimate of drug-likeness (QED) is 0.451. The molecule has 1 fully saturated rings. The van der Waals surface area contributed by atoms with Crippen LogP contribution < -0.4 is 16.4 Å². The Morgan fingerprint density at radius 3 is 2.59 bits per heavy atom. The zero-order valence-electron chi connectivity index (χ0n) is 11.8. The molecule has 1 aliphatic rings. The van der Waals surface area contributed by atoms with Crippen LogP contribution in [-0.4, -0.2) is 24.5 Å². The molecule has 1 aromatic rings. The average Bonchev–Trinajstić information content (AvgIpc) is 2.99. The molecule has 0 spiro atoms. The number of guanidine groups is 1. The minimum atomic E-state index is -1.64. The second-order valence-electron chi connectivity index (χ2n) is 5.10. The maximum absolute atomic E-state index is 13.4. The fourth-order valence-electron chi connectivity index (χ4n) is 2.29. The first-order valence-electron chi connectivity index (χ1n) is 6.97. The van der Waals surface area contributed by atoms with Gasteiger partial charge in [0.25, 0.3) is 0 Å². The van der Waals surface area contributed by atoms with Gasteiger partial charge in [-0.05, 0) is 25.0 Å². The zero-order chi connectivity index (χ0) is 16.1. The lowest BCUT2D eigenvalue weighted by Crippen LogP contribution is -2.39. The molecule has 0 saturated heterocycles. The summed E-state index contributed by atoms with van der Waals surface area (Å²) in [7, 11) is 0. The second kappa shape index (κ2) is 7.15. The Kier molecular flexibility index (Phi) is 5.24. The minimum absolute atomic E-state index is 0.132. The maximum Gasteiger partial charge on any atom is 0.246 e. The van der Waals surface area contributed by atoms with Gasteiger partial charge in [-0.3, -0.25) is 4.79 Å². The number of halogens is 3. The smallest absolute Gasteiger partial charge is 0.246 e. The number of carbonyl (C=O) groups is 1. The van der Waals surface area contributed by atoms with Crippen molar-refractivity contribution >= 4 is 17.6 Å². The number of amides is 1. The van der Waals surface area contributed by atoms with Gasteiger partial charge in [-0.2, -0.15) is 0 Å². The molecule has 0 radical (unpaired) electrons. The summed E-state index contributed by atoms with van der Waals surface area (Å²) in [6.45, 7) is -0.343. The van der Waals surface area contributed by atoms with Gasteiger partial charge in [0.1, 0.15) is 6.54 Å². The molecule has 8 heteroatoms. The Balaban J connectivity index is 1.88. The van der Waals surface area contributed by atoms with Crippen LogP contribution in [-0.2, 0) is 4.79 Å². The average molecular weight is 314 g/mol. The molecule has 1 amide bonds. The van der Waals surface area contributed by atoms with Crippen LogP contribution in [0.15, 0.2) is 17.1 Å². The van der Waals surface area contributed by atoms with Gasteiger partial charge in [0.15, 0.2) is 23.4 Å². The summed E-state index contributed by atoms with van der Waals surface area (Å²) in [4.78, 5) is 15.5. The van der Waals surface area contributed by atoms with Crippen LogP contribution in [0, 0.1) is 17.5 Å². The van der Waals surface area contributed by atoms with E-state index >= 15 is 0 Å². The summed E-state index contributed by atoms with van der Waals surface area (Å²) in [5.41, 5.74) is 5.20. The first-order valence-corrected chi connectivity index (χ1v) is 6.97. The van der Waals surface area contributed by atoms with E-state index in [4.69, 9.17) is 5.73 Å². The fraction of sp³-hybridized carbons (Fsp3) is 0.429. The highest BCUT2D eigenvalue weighted by molar-refractivity contribution is 5.94. The molecule has 5 nitrogen and oxygen atoms in total. The van der Waals surface area contributed by atoms with Gasteiger partial charge < -0.3 is 16.4 Å². The van der Waals surface area contributed by atoms with Crippen LogP contribution >= 0.6 is 0 Å². The van der Waals surface area contributed by atoms with Crippen molar-refractivity contribution in [1.29, 1.82) is 0 Å². The molecule has 22 heavy (non-hydrogen) atoms. The molecule has 2 rings (SSSR count). The van der Waals surface area contributed by atoms with E-state index in [2.05, 4.69) is 15.6 Å². The Morgan fingerprint density at radius 2 is 1.91 bits per heavy atom. The van der Waals surface area contributed by atoms with Crippen molar-refractivity contribution in [2.24, 2.45) is 10.7 Å². The highest BCUT2D eigenvalue weighted by atomic mass is 19.2. The molecule has 0 unspecified atom stereocenters. The molecule has 0 heterocycles. The third-order valence-electron chi connectivity index (χ3n) is 3.41. The summed E-state index contributed by atoms with van der Waals surface area (Å²) in [6.07, 6.45) is 4.26. The van der Waals surface area contributed by atoms with E-state index in [-0.39, 0.29) is 18.5 Å². The molecule has 1 aromatic carbocycles. The Morgan fingerprint density at radius 1 is 1.23 bits per heavy atom. The van der Waals surface area contributed by atoms with Crippen LogP contribution in [0.1, 0.15) is 25.7 Å². The molecule has 1 aliphatic carbocycles. The van der Waals surface area contributed by atoms with E-state index in [1.165, 1.54) is 0 Å². The lowest BCUT2D eigenvalue weighted by atomic mass is 10.2. The van der Waals surface area contributed by atoms with Gasteiger partial charge in [-0.1, -0.05) is 12.8 Å². The summed E-state index contributed by atoms with van der Waals surface area (Å²) in [6, 6.07) is 1.93.